The summed E-state index contributed by atoms with van der Waals surface area (Å²) in [6, 6.07) is 9.46. The predicted octanol–water partition coefficient (Wildman–Crippen LogP) is 20.9. The monoisotopic (exact) mass is 951 g/mol. The van der Waals surface area contributed by atoms with Crippen LogP contribution in [-0.4, -0.2) is 36.7 Å². The molecule has 0 aliphatic rings. The van der Waals surface area contributed by atoms with Crippen molar-refractivity contribution in [3.63, 3.8) is 0 Å². The smallest absolute Gasteiger partial charge is 0.337 e. The standard InChI is InChI=1S/C62H118N4O2/c1-4-7-10-13-16-19-22-25-28-31-34-37-40-43-46-52-57-63-61(67)65(59-54-48-45-42-39-36-33-30-27-24-21-18-15-12-9-6-3)66(60-55-50-49-51-56-60)62(68)64-58-53-47-44-41-38-35-32-29-26-23-20-17-14-11-8-5-2/h49-51,55-56H,4-48,52-54,57-59H2,1-3H3,(H,63,67)(H,64,68). The molecule has 6 heteroatoms. The fourth-order valence-electron chi connectivity index (χ4n) is 9.94. The average Bonchev–Trinajstić information content (AvgIpc) is 3.35. The molecule has 0 aliphatic carbocycles. The zero-order valence-corrected chi connectivity index (χ0v) is 46.2. The minimum atomic E-state index is -0.203. The van der Waals surface area contributed by atoms with Gasteiger partial charge in [-0.2, -0.15) is 5.01 Å². The lowest BCUT2D eigenvalue weighted by Gasteiger charge is -2.35. The highest BCUT2D eigenvalue weighted by atomic mass is 16.2. The summed E-state index contributed by atoms with van der Waals surface area (Å²) in [6.45, 7) is 8.70. The van der Waals surface area contributed by atoms with Crippen LogP contribution < -0.4 is 15.6 Å². The van der Waals surface area contributed by atoms with E-state index in [-0.39, 0.29) is 12.1 Å². The van der Waals surface area contributed by atoms with Gasteiger partial charge in [0.15, 0.2) is 0 Å². The number of rotatable bonds is 52. The zero-order chi connectivity index (χ0) is 48.9. The number of carbonyl (C=O) groups excluding carboxylic acids is 2. The highest BCUT2D eigenvalue weighted by molar-refractivity contribution is 5.95. The maximum absolute atomic E-state index is 14.0. The average molecular weight is 952 g/mol. The minimum Gasteiger partial charge on any atom is -0.337 e. The molecule has 0 atom stereocenters. The predicted molar refractivity (Wildman–Crippen MR) is 301 cm³/mol. The molecule has 0 heterocycles. The number of nitrogens with zero attached hydrogens (tertiary/aromatic N) is 2. The van der Waals surface area contributed by atoms with Crippen LogP contribution >= 0.6 is 0 Å². The molecule has 1 aromatic rings. The Labute approximate surface area is 425 Å². The van der Waals surface area contributed by atoms with E-state index in [1.165, 1.54) is 270 Å². The van der Waals surface area contributed by atoms with Crippen LogP contribution in [0, 0.1) is 0 Å². The largest absolute Gasteiger partial charge is 0.341 e. The van der Waals surface area contributed by atoms with Crippen molar-refractivity contribution >= 4 is 17.7 Å². The normalized spacial score (nSPS) is 11.3. The highest BCUT2D eigenvalue weighted by Gasteiger charge is 2.27. The molecule has 0 saturated carbocycles. The van der Waals surface area contributed by atoms with Crippen molar-refractivity contribution in [3.8, 4) is 0 Å². The number of hydrogen-bond acceptors (Lipinski definition) is 2. The van der Waals surface area contributed by atoms with Crippen LogP contribution in [0.2, 0.25) is 0 Å². The SMILES string of the molecule is CCCCCCCCCCCCCCCCCCNC(=O)N(CCCCCCCCCCCCCCCCCC)N(C(=O)NCCCCCCCCCCCCCCCCCC)c1ccccc1. The number of hydrogen-bond donors (Lipinski definition) is 2. The lowest BCUT2D eigenvalue weighted by Crippen LogP contribution is -2.57. The molecule has 0 spiro atoms. The summed E-state index contributed by atoms with van der Waals surface area (Å²) in [6.07, 6.45) is 63.7. The van der Waals surface area contributed by atoms with Gasteiger partial charge in [0, 0.05) is 19.6 Å². The topological polar surface area (TPSA) is 64.7 Å². The Morgan fingerprint density at radius 3 is 0.824 bits per heavy atom. The Kier molecular flexibility index (Phi) is 49.3. The molecule has 0 fully saturated rings. The third-order valence-corrected chi connectivity index (χ3v) is 14.5. The number of benzene rings is 1. The van der Waals surface area contributed by atoms with E-state index >= 15 is 0 Å². The molecule has 0 bridgehead atoms. The fraction of sp³-hybridized carbons (Fsp3) is 0.871. The maximum Gasteiger partial charge on any atom is 0.341 e. The summed E-state index contributed by atoms with van der Waals surface area (Å²) < 4.78 is 0. The van der Waals surface area contributed by atoms with Crippen LogP contribution in [0.15, 0.2) is 30.3 Å². The summed E-state index contributed by atoms with van der Waals surface area (Å²) in [4.78, 5) is 28.1. The molecule has 68 heavy (non-hydrogen) atoms. The van der Waals surface area contributed by atoms with Gasteiger partial charge in [-0.3, -0.25) is 0 Å². The van der Waals surface area contributed by atoms with Gasteiger partial charge < -0.3 is 10.6 Å². The Morgan fingerprint density at radius 1 is 0.309 bits per heavy atom. The zero-order valence-electron chi connectivity index (χ0n) is 46.2. The molecular weight excluding hydrogens is 833 g/mol. The van der Waals surface area contributed by atoms with Gasteiger partial charge in [-0.15, -0.1) is 0 Å². The van der Waals surface area contributed by atoms with Gasteiger partial charge in [-0.05, 0) is 31.4 Å². The van der Waals surface area contributed by atoms with Crippen LogP contribution in [0.1, 0.15) is 329 Å². The molecule has 0 aromatic heterocycles. The van der Waals surface area contributed by atoms with Crippen LogP contribution in [0.4, 0.5) is 15.3 Å². The first-order valence-corrected chi connectivity index (χ1v) is 30.8. The van der Waals surface area contributed by atoms with Gasteiger partial charge in [0.2, 0.25) is 0 Å². The summed E-state index contributed by atoms with van der Waals surface area (Å²) in [5.41, 5.74) is 0.742. The van der Waals surface area contributed by atoms with E-state index in [9.17, 15) is 9.59 Å². The first-order chi connectivity index (χ1) is 33.7. The lowest BCUT2D eigenvalue weighted by atomic mass is 10.0. The summed E-state index contributed by atoms with van der Waals surface area (Å²) in [5.74, 6) is 0. The van der Waals surface area contributed by atoms with E-state index in [4.69, 9.17) is 0 Å². The van der Waals surface area contributed by atoms with E-state index in [1.807, 2.05) is 30.3 Å². The molecule has 0 saturated heterocycles. The molecule has 1 aromatic carbocycles. The number of para-hydroxylation sites is 1. The van der Waals surface area contributed by atoms with Gasteiger partial charge in [0.25, 0.3) is 0 Å². The number of carbonyl (C=O) groups is 2. The van der Waals surface area contributed by atoms with Crippen molar-refractivity contribution in [2.24, 2.45) is 0 Å². The number of unbranched alkanes of at least 4 members (excludes halogenated alkanes) is 45. The Bertz CT molecular complexity index is 1160. The van der Waals surface area contributed by atoms with Crippen molar-refractivity contribution in [2.75, 3.05) is 24.6 Å². The second kappa shape index (κ2) is 52.6. The van der Waals surface area contributed by atoms with Crippen molar-refractivity contribution in [1.29, 1.82) is 0 Å². The van der Waals surface area contributed by atoms with Gasteiger partial charge in [0.1, 0.15) is 0 Å². The van der Waals surface area contributed by atoms with E-state index in [0.717, 1.165) is 44.2 Å². The van der Waals surface area contributed by atoms with E-state index in [2.05, 4.69) is 31.4 Å². The van der Waals surface area contributed by atoms with E-state index in [1.54, 1.807) is 10.0 Å². The third kappa shape index (κ3) is 41.5. The van der Waals surface area contributed by atoms with Gasteiger partial charge in [-0.1, -0.05) is 328 Å². The van der Waals surface area contributed by atoms with Gasteiger partial charge in [-0.25, -0.2) is 14.6 Å². The number of urea groups is 2. The minimum absolute atomic E-state index is 0.159. The molecule has 398 valence electrons. The Hall–Kier alpha value is -2.24. The number of amides is 4. The Morgan fingerprint density at radius 2 is 0.544 bits per heavy atom. The molecule has 0 radical (unpaired) electrons. The molecule has 2 N–H and O–H groups in total. The first-order valence-electron chi connectivity index (χ1n) is 30.8. The van der Waals surface area contributed by atoms with Gasteiger partial charge in [0.05, 0.1) is 5.69 Å². The van der Waals surface area contributed by atoms with Crippen molar-refractivity contribution in [3.05, 3.63) is 30.3 Å². The molecule has 1 rings (SSSR count). The van der Waals surface area contributed by atoms with Crippen LogP contribution in [-0.2, 0) is 0 Å². The number of nitrogens with one attached hydrogen (secondary N) is 2. The quantitative estimate of drug-likeness (QED) is 0.0505. The Balaban J connectivity index is 2.51. The van der Waals surface area contributed by atoms with E-state index in [0.29, 0.717) is 19.6 Å². The first kappa shape index (κ1) is 63.8. The van der Waals surface area contributed by atoms with Crippen LogP contribution in [0.3, 0.4) is 0 Å². The van der Waals surface area contributed by atoms with Crippen molar-refractivity contribution < 1.29 is 9.59 Å². The summed E-state index contributed by atoms with van der Waals surface area (Å²) in [7, 11) is 0. The summed E-state index contributed by atoms with van der Waals surface area (Å²) in [5, 5.41) is 9.78. The maximum atomic E-state index is 14.0. The summed E-state index contributed by atoms with van der Waals surface area (Å²) >= 11 is 0. The second-order valence-electron chi connectivity index (χ2n) is 21.1. The van der Waals surface area contributed by atoms with Crippen molar-refractivity contribution in [1.82, 2.24) is 15.6 Å². The van der Waals surface area contributed by atoms with Gasteiger partial charge >= 0.3 is 12.1 Å². The van der Waals surface area contributed by atoms with Crippen molar-refractivity contribution in [2.45, 2.75) is 329 Å². The third-order valence-electron chi connectivity index (χ3n) is 14.5. The highest BCUT2D eigenvalue weighted by Crippen LogP contribution is 2.20. The van der Waals surface area contributed by atoms with Crippen LogP contribution in [0.5, 0.6) is 0 Å². The molecule has 0 unspecified atom stereocenters. The molecule has 0 aliphatic heterocycles. The van der Waals surface area contributed by atoms with E-state index < -0.39 is 0 Å². The fourth-order valence-corrected chi connectivity index (χ4v) is 9.94. The molecular formula is C62H118N4O2. The number of hydrazine groups is 1. The molecule has 4 amide bonds. The second-order valence-corrected chi connectivity index (χ2v) is 21.1. The lowest BCUT2D eigenvalue weighted by molar-refractivity contribution is 0.184. The molecule has 6 nitrogen and oxygen atoms in total. The number of anilines is 1. The van der Waals surface area contributed by atoms with Crippen LogP contribution in [0.25, 0.3) is 0 Å².